The third kappa shape index (κ3) is 3.26. The Labute approximate surface area is 89.5 Å². The molecule has 0 bridgehead atoms. The number of piperazine rings is 1. The van der Waals surface area contributed by atoms with E-state index in [1.165, 1.54) is 0 Å². The highest BCUT2D eigenvalue weighted by molar-refractivity contribution is 6.28. The van der Waals surface area contributed by atoms with E-state index in [9.17, 15) is 0 Å². The van der Waals surface area contributed by atoms with E-state index in [0.717, 1.165) is 26.2 Å². The van der Waals surface area contributed by atoms with Crippen LogP contribution in [0.25, 0.3) is 0 Å². The van der Waals surface area contributed by atoms with Crippen molar-refractivity contribution in [1.82, 2.24) is 10.2 Å². The zero-order chi connectivity index (χ0) is 9.68. The summed E-state index contributed by atoms with van der Waals surface area (Å²) in [6, 6.07) is 0.330. The molecule has 3 nitrogen and oxygen atoms in total. The van der Waals surface area contributed by atoms with Crippen molar-refractivity contribution in [3.8, 4) is 0 Å². The van der Waals surface area contributed by atoms with Gasteiger partial charge in [-0.15, -0.1) is 23.2 Å². The maximum absolute atomic E-state index is 6.12. The Morgan fingerprint density at radius 3 is 3.00 bits per heavy atom. The van der Waals surface area contributed by atoms with Gasteiger partial charge in [-0.05, 0) is 0 Å². The molecule has 0 radical (unpaired) electrons. The lowest BCUT2D eigenvalue weighted by molar-refractivity contribution is 0.165. The smallest absolute Gasteiger partial charge is 0.0639 e. The van der Waals surface area contributed by atoms with E-state index >= 15 is 0 Å². The van der Waals surface area contributed by atoms with E-state index in [-0.39, 0.29) is 5.38 Å². The summed E-state index contributed by atoms with van der Waals surface area (Å²) in [5, 5.41) is 3.33. The van der Waals surface area contributed by atoms with Crippen LogP contribution in [0.2, 0.25) is 0 Å². The van der Waals surface area contributed by atoms with Crippen LogP contribution in [-0.2, 0) is 0 Å². The molecule has 0 aromatic rings. The predicted octanol–water partition coefficient (Wildman–Crippen LogP) is 0.0651. The third-order valence-electron chi connectivity index (χ3n) is 2.38. The first-order valence-corrected chi connectivity index (χ1v) is 5.61. The second-order valence-electron chi connectivity index (χ2n) is 3.27. The Bertz CT molecular complexity index is 143. The van der Waals surface area contributed by atoms with Gasteiger partial charge >= 0.3 is 0 Å². The first-order valence-electron chi connectivity index (χ1n) is 4.64. The fourth-order valence-electron chi connectivity index (χ4n) is 1.67. The number of halogens is 2. The number of hydrogen-bond donors (Lipinski definition) is 2. The molecule has 1 heterocycles. The summed E-state index contributed by atoms with van der Waals surface area (Å²) in [4.78, 5) is 2.32. The highest BCUT2D eigenvalue weighted by Crippen LogP contribution is 2.13. The molecule has 0 amide bonds. The largest absolute Gasteiger partial charge is 0.329 e. The molecule has 13 heavy (non-hydrogen) atoms. The molecule has 2 unspecified atom stereocenters. The van der Waals surface area contributed by atoms with Crippen LogP contribution in [-0.4, -0.2) is 54.9 Å². The van der Waals surface area contributed by atoms with Crippen molar-refractivity contribution in [3.05, 3.63) is 0 Å². The Morgan fingerprint density at radius 1 is 1.62 bits per heavy atom. The van der Waals surface area contributed by atoms with E-state index in [1.807, 2.05) is 0 Å². The van der Waals surface area contributed by atoms with Crippen LogP contribution >= 0.6 is 23.2 Å². The molecule has 1 fully saturated rings. The molecular formula is C8H17Cl2N3. The molecule has 1 rings (SSSR count). The van der Waals surface area contributed by atoms with Crippen LogP contribution in [0.4, 0.5) is 0 Å². The molecule has 2 atom stereocenters. The van der Waals surface area contributed by atoms with Crippen molar-refractivity contribution < 1.29 is 0 Å². The lowest BCUT2D eigenvalue weighted by atomic mass is 10.1. The SMILES string of the molecule is NCCN1CCNCC1C(Cl)CCl. The zero-order valence-electron chi connectivity index (χ0n) is 7.68. The Balaban J connectivity index is 2.45. The van der Waals surface area contributed by atoms with Crippen molar-refractivity contribution in [1.29, 1.82) is 0 Å². The van der Waals surface area contributed by atoms with Gasteiger partial charge in [0.15, 0.2) is 0 Å². The summed E-state index contributed by atoms with van der Waals surface area (Å²) in [6.07, 6.45) is 0. The van der Waals surface area contributed by atoms with E-state index in [2.05, 4.69) is 10.2 Å². The quantitative estimate of drug-likeness (QED) is 0.666. The Morgan fingerprint density at radius 2 is 2.38 bits per heavy atom. The minimum absolute atomic E-state index is 0.0148. The van der Waals surface area contributed by atoms with E-state index in [1.54, 1.807) is 0 Å². The van der Waals surface area contributed by atoms with Crippen molar-refractivity contribution in [2.45, 2.75) is 11.4 Å². The van der Waals surface area contributed by atoms with Gasteiger partial charge in [-0.2, -0.15) is 0 Å². The molecule has 3 N–H and O–H groups in total. The van der Waals surface area contributed by atoms with Crippen molar-refractivity contribution >= 4 is 23.2 Å². The molecule has 1 aliphatic rings. The predicted molar refractivity (Wildman–Crippen MR) is 57.6 cm³/mol. The number of rotatable bonds is 4. The van der Waals surface area contributed by atoms with Gasteiger partial charge in [-0.25, -0.2) is 0 Å². The lowest BCUT2D eigenvalue weighted by Gasteiger charge is -2.37. The summed E-state index contributed by atoms with van der Waals surface area (Å²) in [7, 11) is 0. The summed E-state index contributed by atoms with van der Waals surface area (Å²) in [5.74, 6) is 0.495. The molecular weight excluding hydrogens is 209 g/mol. The van der Waals surface area contributed by atoms with Crippen LogP contribution in [0.3, 0.4) is 0 Å². The Hall–Kier alpha value is 0.460. The Kier molecular flexibility index (Phi) is 5.36. The summed E-state index contributed by atoms with van der Waals surface area (Å²) in [5.41, 5.74) is 5.53. The molecule has 0 saturated carbocycles. The van der Waals surface area contributed by atoms with Gasteiger partial charge in [0, 0.05) is 44.6 Å². The molecule has 0 aliphatic carbocycles. The zero-order valence-corrected chi connectivity index (χ0v) is 9.19. The number of nitrogens with one attached hydrogen (secondary N) is 1. The minimum Gasteiger partial charge on any atom is -0.329 e. The average molecular weight is 226 g/mol. The van der Waals surface area contributed by atoms with E-state index in [0.29, 0.717) is 18.5 Å². The van der Waals surface area contributed by atoms with Crippen molar-refractivity contribution in [2.75, 3.05) is 38.6 Å². The fraction of sp³-hybridized carbons (Fsp3) is 1.00. The molecule has 0 aromatic carbocycles. The highest BCUT2D eigenvalue weighted by Gasteiger charge is 2.27. The molecule has 1 aliphatic heterocycles. The monoisotopic (exact) mass is 225 g/mol. The van der Waals surface area contributed by atoms with Gasteiger partial charge in [0.05, 0.1) is 5.38 Å². The van der Waals surface area contributed by atoms with Crippen LogP contribution in [0, 0.1) is 0 Å². The van der Waals surface area contributed by atoms with Crippen molar-refractivity contribution in [3.63, 3.8) is 0 Å². The summed E-state index contributed by atoms with van der Waals surface area (Å²) in [6.45, 7) is 4.54. The van der Waals surface area contributed by atoms with Crippen LogP contribution in [0.5, 0.6) is 0 Å². The second-order valence-corrected chi connectivity index (χ2v) is 4.14. The number of alkyl halides is 2. The first kappa shape index (κ1) is 11.5. The number of nitrogens with zero attached hydrogens (tertiary/aromatic N) is 1. The molecule has 0 aromatic heterocycles. The van der Waals surface area contributed by atoms with Gasteiger partial charge < -0.3 is 11.1 Å². The third-order valence-corrected chi connectivity index (χ3v) is 3.32. The first-order chi connectivity index (χ1) is 6.29. The molecule has 78 valence electrons. The minimum atomic E-state index is 0.0148. The average Bonchev–Trinajstić information content (AvgIpc) is 2.18. The number of nitrogens with two attached hydrogens (primary N) is 1. The van der Waals surface area contributed by atoms with E-state index < -0.39 is 0 Å². The topological polar surface area (TPSA) is 41.3 Å². The maximum Gasteiger partial charge on any atom is 0.0639 e. The van der Waals surface area contributed by atoms with Crippen LogP contribution in [0.15, 0.2) is 0 Å². The van der Waals surface area contributed by atoms with Gasteiger partial charge in [0.25, 0.3) is 0 Å². The summed E-state index contributed by atoms with van der Waals surface area (Å²) < 4.78 is 0. The highest BCUT2D eigenvalue weighted by atomic mass is 35.5. The normalized spacial score (nSPS) is 27.5. The number of hydrogen-bond acceptors (Lipinski definition) is 3. The van der Waals surface area contributed by atoms with Crippen molar-refractivity contribution in [2.24, 2.45) is 5.73 Å². The van der Waals surface area contributed by atoms with Gasteiger partial charge in [-0.1, -0.05) is 0 Å². The standard InChI is InChI=1S/C8H17Cl2N3/c9-5-7(10)8-6-12-2-4-13(8)3-1-11/h7-8,12H,1-6,11H2. The molecule has 5 heteroatoms. The van der Waals surface area contributed by atoms with Crippen LogP contribution in [0.1, 0.15) is 0 Å². The van der Waals surface area contributed by atoms with Gasteiger partial charge in [0.1, 0.15) is 0 Å². The second kappa shape index (κ2) is 6.04. The lowest BCUT2D eigenvalue weighted by Crippen LogP contribution is -2.56. The van der Waals surface area contributed by atoms with Gasteiger partial charge in [-0.3, -0.25) is 4.90 Å². The van der Waals surface area contributed by atoms with Gasteiger partial charge in [0.2, 0.25) is 0 Å². The van der Waals surface area contributed by atoms with Crippen LogP contribution < -0.4 is 11.1 Å². The maximum atomic E-state index is 6.12. The fourth-order valence-corrected chi connectivity index (χ4v) is 2.12. The van der Waals surface area contributed by atoms with E-state index in [4.69, 9.17) is 28.9 Å². The summed E-state index contributed by atoms with van der Waals surface area (Å²) >= 11 is 11.9. The molecule has 1 saturated heterocycles. The molecule has 0 spiro atoms.